The molecule has 0 radical (unpaired) electrons. The fourth-order valence-electron chi connectivity index (χ4n) is 2.67. The number of anilines is 1. The van der Waals surface area contributed by atoms with Crippen molar-refractivity contribution in [2.75, 3.05) is 38.6 Å². The Morgan fingerprint density at radius 1 is 1.48 bits per heavy atom. The molecule has 118 valence electrons. The van der Waals surface area contributed by atoms with Gasteiger partial charge in [-0.2, -0.15) is 4.37 Å². The number of ether oxygens (including phenoxy) is 1. The minimum Gasteiger partial charge on any atom is -0.462 e. The molecule has 2 heterocycles. The van der Waals surface area contributed by atoms with E-state index in [1.807, 2.05) is 13.8 Å². The molecule has 1 N–H and O–H groups in total. The molecule has 1 aromatic heterocycles. The maximum absolute atomic E-state index is 11.9. The Morgan fingerprint density at radius 2 is 2.19 bits per heavy atom. The fourth-order valence-corrected chi connectivity index (χ4v) is 3.48. The third-order valence-electron chi connectivity index (χ3n) is 4.02. The van der Waals surface area contributed by atoms with Gasteiger partial charge in [-0.1, -0.05) is 0 Å². The number of carbonyl (C=O) groups is 1. The van der Waals surface area contributed by atoms with Crippen molar-refractivity contribution in [1.29, 1.82) is 0 Å². The highest BCUT2D eigenvalue weighted by Gasteiger charge is 2.20. The highest BCUT2D eigenvalue weighted by Crippen LogP contribution is 2.26. The summed E-state index contributed by atoms with van der Waals surface area (Å²) in [5.41, 5.74) is 1.35. The van der Waals surface area contributed by atoms with Gasteiger partial charge in [-0.15, -0.1) is 0 Å². The first-order valence-corrected chi connectivity index (χ1v) is 8.45. The number of piperidine rings is 1. The van der Waals surface area contributed by atoms with Gasteiger partial charge >= 0.3 is 5.97 Å². The number of aromatic nitrogens is 1. The predicted molar refractivity (Wildman–Crippen MR) is 86.1 cm³/mol. The van der Waals surface area contributed by atoms with Crippen molar-refractivity contribution in [3.8, 4) is 0 Å². The zero-order chi connectivity index (χ0) is 15.2. The van der Waals surface area contributed by atoms with E-state index >= 15 is 0 Å². The van der Waals surface area contributed by atoms with Crippen LogP contribution in [0.1, 0.15) is 42.2 Å². The summed E-state index contributed by atoms with van der Waals surface area (Å²) < 4.78 is 9.36. The summed E-state index contributed by atoms with van der Waals surface area (Å²) in [6, 6.07) is 0. The van der Waals surface area contributed by atoms with Crippen molar-refractivity contribution < 1.29 is 9.53 Å². The van der Waals surface area contributed by atoms with Crippen LogP contribution in [0.4, 0.5) is 5.00 Å². The van der Waals surface area contributed by atoms with Crippen molar-refractivity contribution in [1.82, 2.24) is 9.27 Å². The molecule has 0 bridgehead atoms. The number of nitrogens with one attached hydrogen (secondary N) is 1. The van der Waals surface area contributed by atoms with E-state index in [0.29, 0.717) is 12.2 Å². The van der Waals surface area contributed by atoms with E-state index < -0.39 is 0 Å². The van der Waals surface area contributed by atoms with E-state index in [2.05, 4.69) is 21.6 Å². The first kappa shape index (κ1) is 16.2. The molecule has 1 saturated heterocycles. The van der Waals surface area contributed by atoms with Crippen LogP contribution in [0.25, 0.3) is 0 Å². The minimum absolute atomic E-state index is 0.273. The van der Waals surface area contributed by atoms with E-state index in [4.69, 9.17) is 4.74 Å². The van der Waals surface area contributed by atoms with Gasteiger partial charge in [0.25, 0.3) is 0 Å². The van der Waals surface area contributed by atoms with Gasteiger partial charge in [0, 0.05) is 6.54 Å². The number of aryl methyl sites for hydroxylation is 1. The van der Waals surface area contributed by atoms with Crippen molar-refractivity contribution in [2.45, 2.75) is 33.1 Å². The molecule has 0 spiro atoms. The van der Waals surface area contributed by atoms with Crippen LogP contribution < -0.4 is 5.32 Å². The van der Waals surface area contributed by atoms with Crippen LogP contribution in [0.3, 0.4) is 0 Å². The molecule has 0 aliphatic carbocycles. The van der Waals surface area contributed by atoms with Gasteiger partial charge in [0.2, 0.25) is 0 Å². The van der Waals surface area contributed by atoms with Gasteiger partial charge in [-0.3, -0.25) is 0 Å². The smallest absolute Gasteiger partial charge is 0.343 e. The Morgan fingerprint density at radius 3 is 2.86 bits per heavy atom. The van der Waals surface area contributed by atoms with Crippen LogP contribution in [-0.2, 0) is 4.74 Å². The van der Waals surface area contributed by atoms with Crippen molar-refractivity contribution in [3.63, 3.8) is 0 Å². The summed E-state index contributed by atoms with van der Waals surface area (Å²) in [5, 5.41) is 4.22. The molecule has 5 nitrogen and oxygen atoms in total. The van der Waals surface area contributed by atoms with Crippen LogP contribution in [0.2, 0.25) is 0 Å². The molecule has 0 atom stereocenters. The third-order valence-corrected chi connectivity index (χ3v) is 4.91. The maximum Gasteiger partial charge on any atom is 0.343 e. The second kappa shape index (κ2) is 7.75. The molecule has 1 fully saturated rings. The lowest BCUT2D eigenvalue weighted by molar-refractivity contribution is 0.0527. The zero-order valence-electron chi connectivity index (χ0n) is 13.1. The normalized spacial score (nSPS) is 16.9. The average molecular weight is 311 g/mol. The number of nitrogens with zero attached hydrogens (tertiary/aromatic N) is 2. The van der Waals surface area contributed by atoms with Crippen LogP contribution >= 0.6 is 11.5 Å². The molecule has 0 unspecified atom stereocenters. The Bertz CT molecular complexity index is 467. The summed E-state index contributed by atoms with van der Waals surface area (Å²) >= 11 is 1.35. The van der Waals surface area contributed by atoms with Crippen LogP contribution in [0, 0.1) is 12.8 Å². The third kappa shape index (κ3) is 4.41. The highest BCUT2D eigenvalue weighted by atomic mass is 32.1. The number of hydrogen-bond acceptors (Lipinski definition) is 6. The lowest BCUT2D eigenvalue weighted by Crippen LogP contribution is -2.30. The van der Waals surface area contributed by atoms with E-state index in [1.54, 1.807) is 0 Å². The predicted octanol–water partition coefficient (Wildman–Crippen LogP) is 2.77. The van der Waals surface area contributed by atoms with Crippen molar-refractivity contribution in [2.24, 2.45) is 5.92 Å². The van der Waals surface area contributed by atoms with E-state index in [9.17, 15) is 4.79 Å². The molecular formula is C15H25N3O2S. The van der Waals surface area contributed by atoms with Gasteiger partial charge in [0.05, 0.1) is 12.3 Å². The Hall–Kier alpha value is -1.14. The molecule has 0 saturated carbocycles. The Labute approximate surface area is 130 Å². The summed E-state index contributed by atoms with van der Waals surface area (Å²) in [5.74, 6) is 0.513. The van der Waals surface area contributed by atoms with Gasteiger partial charge in [0.15, 0.2) is 0 Å². The standard InChI is InChI=1S/C15H25N3O2S/c1-4-20-15(19)13-11(2)17-21-14(13)16-8-5-12-6-9-18(3)10-7-12/h12,16H,4-10H2,1-3H3. The van der Waals surface area contributed by atoms with Crippen LogP contribution in [0.15, 0.2) is 0 Å². The van der Waals surface area contributed by atoms with E-state index in [-0.39, 0.29) is 5.97 Å². The number of hydrogen-bond donors (Lipinski definition) is 1. The zero-order valence-corrected chi connectivity index (χ0v) is 14.0. The number of rotatable bonds is 6. The average Bonchev–Trinajstić information content (AvgIpc) is 2.82. The highest BCUT2D eigenvalue weighted by molar-refractivity contribution is 7.10. The van der Waals surface area contributed by atoms with Gasteiger partial charge < -0.3 is 15.0 Å². The van der Waals surface area contributed by atoms with Crippen LogP contribution in [-0.4, -0.2) is 48.5 Å². The summed E-state index contributed by atoms with van der Waals surface area (Å²) in [7, 11) is 2.18. The number of carbonyl (C=O) groups excluding carboxylic acids is 1. The Balaban J connectivity index is 1.84. The largest absolute Gasteiger partial charge is 0.462 e. The fraction of sp³-hybridized carbons (Fsp3) is 0.733. The second-order valence-electron chi connectivity index (χ2n) is 5.65. The van der Waals surface area contributed by atoms with Gasteiger partial charge in [-0.05, 0) is 70.7 Å². The minimum atomic E-state index is -0.273. The number of esters is 1. The molecule has 21 heavy (non-hydrogen) atoms. The van der Waals surface area contributed by atoms with E-state index in [0.717, 1.165) is 29.6 Å². The summed E-state index contributed by atoms with van der Waals surface area (Å²) in [4.78, 5) is 14.3. The maximum atomic E-state index is 11.9. The van der Waals surface area contributed by atoms with Crippen molar-refractivity contribution >= 4 is 22.5 Å². The topological polar surface area (TPSA) is 54.5 Å². The SMILES string of the molecule is CCOC(=O)c1c(C)nsc1NCCC1CCN(C)CC1. The molecule has 0 aromatic carbocycles. The molecular weight excluding hydrogens is 286 g/mol. The monoisotopic (exact) mass is 311 g/mol. The Kier molecular flexibility index (Phi) is 5.99. The second-order valence-corrected chi connectivity index (χ2v) is 6.43. The molecule has 1 aliphatic heterocycles. The quantitative estimate of drug-likeness (QED) is 0.819. The summed E-state index contributed by atoms with van der Waals surface area (Å²) in [6.07, 6.45) is 3.68. The molecule has 6 heteroatoms. The van der Waals surface area contributed by atoms with Gasteiger partial charge in [-0.25, -0.2) is 4.79 Å². The molecule has 1 aliphatic rings. The molecule has 0 amide bonds. The lowest BCUT2D eigenvalue weighted by atomic mass is 9.94. The number of likely N-dealkylation sites (tertiary alicyclic amines) is 1. The first-order chi connectivity index (χ1) is 10.1. The molecule has 2 rings (SSSR count). The first-order valence-electron chi connectivity index (χ1n) is 7.67. The van der Waals surface area contributed by atoms with Crippen molar-refractivity contribution in [3.05, 3.63) is 11.3 Å². The van der Waals surface area contributed by atoms with Crippen LogP contribution in [0.5, 0.6) is 0 Å². The lowest BCUT2D eigenvalue weighted by Gasteiger charge is -2.28. The van der Waals surface area contributed by atoms with E-state index in [1.165, 1.54) is 37.5 Å². The van der Waals surface area contributed by atoms with Gasteiger partial charge in [0.1, 0.15) is 10.6 Å². The summed E-state index contributed by atoms with van der Waals surface area (Å²) in [6.45, 7) is 7.34. The molecule has 1 aromatic rings.